The van der Waals surface area contributed by atoms with Crippen molar-refractivity contribution in [3.63, 3.8) is 0 Å². The van der Waals surface area contributed by atoms with Crippen molar-refractivity contribution in [3.05, 3.63) is 40.1 Å². The first-order valence-corrected chi connectivity index (χ1v) is 5.60. The van der Waals surface area contributed by atoms with E-state index in [1.54, 1.807) is 13.0 Å². The minimum atomic E-state index is -0.442. The van der Waals surface area contributed by atoms with Gasteiger partial charge in [0.25, 0.3) is 0 Å². The molecule has 0 aliphatic carbocycles. The molecule has 0 saturated heterocycles. The van der Waals surface area contributed by atoms with Crippen LogP contribution in [0.5, 0.6) is 17.2 Å². The quantitative estimate of drug-likeness (QED) is 0.538. The fourth-order valence-corrected chi connectivity index (χ4v) is 2.19. The summed E-state index contributed by atoms with van der Waals surface area (Å²) in [7, 11) is 0. The van der Waals surface area contributed by atoms with E-state index in [1.165, 1.54) is 12.1 Å². The van der Waals surface area contributed by atoms with Crippen LogP contribution in [0, 0.1) is 6.92 Å². The Morgan fingerprint density at radius 3 is 2.47 bits per heavy atom. The molecule has 3 N–H and O–H groups in total. The fraction of sp³-hybridized carbons (Fsp3) is 0.0714. The number of hydrogen-bond donors (Lipinski definition) is 3. The Kier molecular flexibility index (Phi) is 2.19. The Hall–Kier alpha value is -2.69. The molecule has 96 valence electrons. The highest BCUT2D eigenvalue weighted by atomic mass is 16.4. The third-order valence-electron chi connectivity index (χ3n) is 3.08. The van der Waals surface area contributed by atoms with Crippen molar-refractivity contribution in [3.8, 4) is 17.2 Å². The van der Waals surface area contributed by atoms with E-state index in [1.807, 2.05) is 0 Å². The van der Waals surface area contributed by atoms with Crippen molar-refractivity contribution in [2.24, 2.45) is 0 Å². The molecule has 0 saturated carbocycles. The van der Waals surface area contributed by atoms with Crippen molar-refractivity contribution >= 4 is 21.9 Å². The van der Waals surface area contributed by atoms with E-state index in [2.05, 4.69) is 0 Å². The highest BCUT2D eigenvalue weighted by Gasteiger charge is 2.16. The molecule has 3 rings (SSSR count). The maximum atomic E-state index is 12.4. The fourth-order valence-electron chi connectivity index (χ4n) is 2.19. The average molecular weight is 258 g/mol. The molecule has 0 unspecified atom stereocenters. The maximum absolute atomic E-state index is 12.4. The van der Waals surface area contributed by atoms with Crippen molar-refractivity contribution in [1.29, 1.82) is 0 Å². The van der Waals surface area contributed by atoms with Gasteiger partial charge in [-0.25, -0.2) is 0 Å². The van der Waals surface area contributed by atoms with Gasteiger partial charge in [-0.2, -0.15) is 0 Å². The van der Waals surface area contributed by atoms with Crippen LogP contribution in [0.4, 0.5) is 0 Å². The predicted octanol–water partition coefficient (Wildman–Crippen LogP) is 2.37. The molecular formula is C14H10O5. The largest absolute Gasteiger partial charge is 0.508 e. The van der Waals surface area contributed by atoms with Gasteiger partial charge in [0.2, 0.25) is 5.43 Å². The van der Waals surface area contributed by atoms with Crippen LogP contribution in [0.15, 0.2) is 33.5 Å². The zero-order chi connectivity index (χ0) is 13.7. The maximum Gasteiger partial charge on any atom is 0.204 e. The second-order valence-electron chi connectivity index (χ2n) is 4.37. The molecule has 19 heavy (non-hydrogen) atoms. The minimum absolute atomic E-state index is 0.0148. The van der Waals surface area contributed by atoms with Crippen molar-refractivity contribution in [1.82, 2.24) is 0 Å². The van der Waals surface area contributed by atoms with Gasteiger partial charge >= 0.3 is 0 Å². The molecule has 0 amide bonds. The van der Waals surface area contributed by atoms with Crippen LogP contribution < -0.4 is 5.43 Å². The minimum Gasteiger partial charge on any atom is -0.508 e. The highest BCUT2D eigenvalue weighted by Crippen LogP contribution is 2.33. The van der Waals surface area contributed by atoms with Gasteiger partial charge in [0.1, 0.15) is 22.5 Å². The third-order valence-corrected chi connectivity index (χ3v) is 3.08. The standard InChI is InChI=1S/C14H10O5/c1-6-2-3-8(16)14-11(6)13(18)12-9(17)4-7(15)5-10(12)19-14/h2-5,15-17H,1H3. The molecule has 0 fully saturated rings. The second kappa shape index (κ2) is 3.65. The predicted molar refractivity (Wildman–Crippen MR) is 69.7 cm³/mol. The van der Waals surface area contributed by atoms with Crippen LogP contribution in [0.1, 0.15) is 5.56 Å². The smallest absolute Gasteiger partial charge is 0.204 e. The molecule has 1 heterocycles. The SMILES string of the molecule is Cc1ccc(O)c2oc3cc(O)cc(O)c3c(=O)c12. The van der Waals surface area contributed by atoms with E-state index < -0.39 is 5.43 Å². The summed E-state index contributed by atoms with van der Waals surface area (Å²) < 4.78 is 5.43. The summed E-state index contributed by atoms with van der Waals surface area (Å²) in [6, 6.07) is 5.31. The van der Waals surface area contributed by atoms with E-state index >= 15 is 0 Å². The first kappa shape index (κ1) is 11.4. The number of fused-ring (bicyclic) bond motifs is 2. The summed E-state index contributed by atoms with van der Waals surface area (Å²) in [6.07, 6.45) is 0. The molecule has 0 spiro atoms. The van der Waals surface area contributed by atoms with Gasteiger partial charge in [-0.3, -0.25) is 4.79 Å². The van der Waals surface area contributed by atoms with Gasteiger partial charge in [-0.05, 0) is 18.6 Å². The third kappa shape index (κ3) is 1.52. The van der Waals surface area contributed by atoms with E-state index in [0.717, 1.165) is 6.07 Å². The van der Waals surface area contributed by atoms with Gasteiger partial charge in [0, 0.05) is 12.1 Å². The van der Waals surface area contributed by atoms with Gasteiger partial charge in [0.15, 0.2) is 11.3 Å². The molecule has 5 nitrogen and oxygen atoms in total. The summed E-state index contributed by atoms with van der Waals surface area (Å²) in [5.74, 6) is -0.740. The lowest BCUT2D eigenvalue weighted by Crippen LogP contribution is -2.04. The lowest BCUT2D eigenvalue weighted by atomic mass is 10.1. The highest BCUT2D eigenvalue weighted by molar-refractivity contribution is 5.96. The number of phenolic OH excluding ortho intramolecular Hbond substituents is 3. The Labute approximate surface area is 107 Å². The molecular weight excluding hydrogens is 248 g/mol. The number of benzene rings is 2. The molecule has 0 atom stereocenters. The van der Waals surface area contributed by atoms with E-state index in [9.17, 15) is 20.1 Å². The van der Waals surface area contributed by atoms with Crippen LogP contribution >= 0.6 is 0 Å². The molecule has 5 heteroatoms. The molecule has 2 aromatic carbocycles. The van der Waals surface area contributed by atoms with Crippen LogP contribution in [-0.2, 0) is 0 Å². The van der Waals surface area contributed by atoms with Gasteiger partial charge in [-0.15, -0.1) is 0 Å². The van der Waals surface area contributed by atoms with Crippen molar-refractivity contribution < 1.29 is 19.7 Å². The summed E-state index contributed by atoms with van der Waals surface area (Å²) in [6.45, 7) is 1.71. The van der Waals surface area contributed by atoms with Crippen LogP contribution in [-0.4, -0.2) is 15.3 Å². The normalized spacial score (nSPS) is 11.2. The average Bonchev–Trinajstić information content (AvgIpc) is 2.32. The van der Waals surface area contributed by atoms with Crippen LogP contribution in [0.3, 0.4) is 0 Å². The summed E-state index contributed by atoms with van der Waals surface area (Å²) in [5, 5.41) is 29.1. The molecule has 0 bridgehead atoms. The lowest BCUT2D eigenvalue weighted by molar-refractivity contribution is 0.450. The molecule has 0 aliphatic rings. The molecule has 1 aromatic heterocycles. The molecule has 3 aromatic rings. The van der Waals surface area contributed by atoms with Gasteiger partial charge in [0.05, 0.1) is 5.39 Å². The summed E-state index contributed by atoms with van der Waals surface area (Å²) >= 11 is 0. The van der Waals surface area contributed by atoms with E-state index in [-0.39, 0.29) is 39.2 Å². The first-order chi connectivity index (χ1) is 8.99. The first-order valence-electron chi connectivity index (χ1n) is 5.60. The van der Waals surface area contributed by atoms with Crippen LogP contribution in [0.2, 0.25) is 0 Å². The zero-order valence-corrected chi connectivity index (χ0v) is 9.97. The van der Waals surface area contributed by atoms with E-state index in [0.29, 0.717) is 5.56 Å². The second-order valence-corrected chi connectivity index (χ2v) is 4.37. The summed E-state index contributed by atoms with van der Waals surface area (Å²) in [4.78, 5) is 12.4. The van der Waals surface area contributed by atoms with Gasteiger partial charge in [-0.1, -0.05) is 6.07 Å². The van der Waals surface area contributed by atoms with Crippen LogP contribution in [0.25, 0.3) is 21.9 Å². The van der Waals surface area contributed by atoms with Crippen molar-refractivity contribution in [2.45, 2.75) is 6.92 Å². The Bertz CT molecular complexity index is 877. The number of hydrogen-bond acceptors (Lipinski definition) is 5. The molecule has 0 aliphatic heterocycles. The lowest BCUT2D eigenvalue weighted by Gasteiger charge is -2.07. The van der Waals surface area contributed by atoms with Gasteiger partial charge < -0.3 is 19.7 Å². The monoisotopic (exact) mass is 258 g/mol. The Morgan fingerprint density at radius 1 is 1.00 bits per heavy atom. The summed E-state index contributed by atoms with van der Waals surface area (Å²) in [5.41, 5.74) is 0.261. The number of aryl methyl sites for hydroxylation is 1. The Balaban J connectivity index is 2.69. The van der Waals surface area contributed by atoms with Crippen molar-refractivity contribution in [2.75, 3.05) is 0 Å². The number of rotatable bonds is 0. The molecule has 0 radical (unpaired) electrons. The topological polar surface area (TPSA) is 90.9 Å². The Morgan fingerprint density at radius 2 is 1.74 bits per heavy atom. The zero-order valence-electron chi connectivity index (χ0n) is 9.97. The number of phenols is 3. The number of aromatic hydroxyl groups is 3. The van der Waals surface area contributed by atoms with E-state index in [4.69, 9.17) is 4.42 Å².